The second-order valence-electron chi connectivity index (χ2n) is 4.63. The molecule has 0 N–H and O–H groups in total. The molecular weight excluding hydrogens is 208 g/mol. The van der Waals surface area contributed by atoms with Crippen LogP contribution in [0.2, 0.25) is 0 Å². The van der Waals surface area contributed by atoms with Crippen LogP contribution in [0.15, 0.2) is 36.4 Å². The van der Waals surface area contributed by atoms with Crippen LogP contribution in [-0.4, -0.2) is 9.78 Å². The van der Waals surface area contributed by atoms with Crippen LogP contribution >= 0.6 is 0 Å². The number of benzene rings is 1. The van der Waals surface area contributed by atoms with Gasteiger partial charge < -0.3 is 0 Å². The molecule has 0 amide bonds. The summed E-state index contributed by atoms with van der Waals surface area (Å²) in [5, 5.41) is 4.56. The number of aryl methyl sites for hydroxylation is 1. The molecule has 84 valence electrons. The molecule has 0 spiro atoms. The Hall–Kier alpha value is -2.01. The third-order valence-corrected chi connectivity index (χ3v) is 3.47. The van der Waals surface area contributed by atoms with E-state index in [2.05, 4.69) is 29.2 Å². The molecule has 0 atom stereocenters. The van der Waals surface area contributed by atoms with Crippen LogP contribution in [0.1, 0.15) is 18.5 Å². The van der Waals surface area contributed by atoms with E-state index in [0.717, 1.165) is 24.1 Å². The van der Waals surface area contributed by atoms with Crippen LogP contribution in [0.25, 0.3) is 11.3 Å². The van der Waals surface area contributed by atoms with Crippen LogP contribution in [0.3, 0.4) is 0 Å². The fourth-order valence-electron chi connectivity index (χ4n) is 2.26. The maximum absolute atomic E-state index is 5.63. The monoisotopic (exact) mass is 222 g/mol. The standard InChI is InChI=1S/C15H14N2/c1-3-15(9-10-15)14-11-13(16-17(14)2)12-7-5-4-6-8-12/h1,4-8,11H,9-10H2,2H3. The first-order chi connectivity index (χ1) is 8.25. The highest BCUT2D eigenvalue weighted by Gasteiger charge is 2.45. The lowest BCUT2D eigenvalue weighted by molar-refractivity contribution is 0.680. The zero-order chi connectivity index (χ0) is 11.9. The van der Waals surface area contributed by atoms with Crippen molar-refractivity contribution in [2.24, 2.45) is 7.05 Å². The van der Waals surface area contributed by atoms with Crippen LogP contribution < -0.4 is 0 Å². The van der Waals surface area contributed by atoms with Crippen molar-refractivity contribution in [3.63, 3.8) is 0 Å². The molecule has 2 heteroatoms. The highest BCUT2D eigenvalue weighted by atomic mass is 15.3. The van der Waals surface area contributed by atoms with E-state index in [9.17, 15) is 0 Å². The highest BCUT2D eigenvalue weighted by Crippen LogP contribution is 2.47. The van der Waals surface area contributed by atoms with Crippen molar-refractivity contribution < 1.29 is 0 Å². The fraction of sp³-hybridized carbons (Fsp3) is 0.267. The van der Waals surface area contributed by atoms with Gasteiger partial charge in [0.05, 0.1) is 16.8 Å². The van der Waals surface area contributed by atoms with E-state index in [1.54, 1.807) is 0 Å². The first-order valence-electron chi connectivity index (χ1n) is 5.83. The molecule has 0 saturated heterocycles. The maximum Gasteiger partial charge on any atom is 0.0926 e. The van der Waals surface area contributed by atoms with E-state index in [1.807, 2.05) is 29.9 Å². The summed E-state index contributed by atoms with van der Waals surface area (Å²) in [4.78, 5) is 0. The van der Waals surface area contributed by atoms with E-state index in [0.29, 0.717) is 0 Å². The summed E-state index contributed by atoms with van der Waals surface area (Å²) in [6, 6.07) is 12.3. The zero-order valence-corrected chi connectivity index (χ0v) is 9.85. The van der Waals surface area contributed by atoms with Crippen LogP contribution in [-0.2, 0) is 12.5 Å². The van der Waals surface area contributed by atoms with Gasteiger partial charge in [-0.3, -0.25) is 4.68 Å². The van der Waals surface area contributed by atoms with Crippen LogP contribution in [0.5, 0.6) is 0 Å². The van der Waals surface area contributed by atoms with E-state index >= 15 is 0 Å². The van der Waals surface area contributed by atoms with E-state index in [1.165, 1.54) is 5.69 Å². The summed E-state index contributed by atoms with van der Waals surface area (Å²) in [5.41, 5.74) is 3.26. The number of aromatic nitrogens is 2. The molecule has 1 aliphatic rings. The minimum absolute atomic E-state index is 0.0468. The van der Waals surface area contributed by atoms with Gasteiger partial charge in [0.2, 0.25) is 0 Å². The van der Waals surface area contributed by atoms with Crippen molar-refractivity contribution in [1.29, 1.82) is 0 Å². The minimum atomic E-state index is -0.0468. The molecule has 1 aliphatic carbocycles. The molecule has 0 bridgehead atoms. The predicted molar refractivity (Wildman–Crippen MR) is 68.4 cm³/mol. The first kappa shape index (κ1) is 10.2. The van der Waals surface area contributed by atoms with Gasteiger partial charge in [0.1, 0.15) is 0 Å². The van der Waals surface area contributed by atoms with Crippen molar-refractivity contribution in [2.75, 3.05) is 0 Å². The van der Waals surface area contributed by atoms with Gasteiger partial charge in [0.15, 0.2) is 0 Å². The third-order valence-electron chi connectivity index (χ3n) is 3.47. The summed E-state index contributed by atoms with van der Waals surface area (Å²) < 4.78 is 1.93. The lowest BCUT2D eigenvalue weighted by Crippen LogP contribution is -2.09. The predicted octanol–water partition coefficient (Wildman–Crippen LogP) is 2.75. The van der Waals surface area contributed by atoms with Gasteiger partial charge in [-0.1, -0.05) is 36.3 Å². The Kier molecular flexibility index (Phi) is 2.09. The number of hydrogen-bond donors (Lipinski definition) is 0. The minimum Gasteiger partial charge on any atom is -0.270 e. The molecular formula is C15H14N2. The average Bonchev–Trinajstić information content (AvgIpc) is 3.07. The number of rotatable bonds is 2. The van der Waals surface area contributed by atoms with Gasteiger partial charge in [-0.25, -0.2) is 0 Å². The van der Waals surface area contributed by atoms with Crippen molar-refractivity contribution in [3.05, 3.63) is 42.1 Å². The Labute approximate surface area is 101 Å². The summed E-state index contributed by atoms with van der Waals surface area (Å²) >= 11 is 0. The molecule has 17 heavy (non-hydrogen) atoms. The van der Waals surface area contributed by atoms with E-state index in [4.69, 9.17) is 6.42 Å². The fourth-order valence-corrected chi connectivity index (χ4v) is 2.26. The number of terminal acetylenes is 1. The van der Waals surface area contributed by atoms with Gasteiger partial charge in [0.25, 0.3) is 0 Å². The molecule has 2 aromatic rings. The lowest BCUT2D eigenvalue weighted by Gasteiger charge is -2.06. The Bertz CT molecular complexity index is 583. The van der Waals surface area contributed by atoms with Gasteiger partial charge >= 0.3 is 0 Å². The van der Waals surface area contributed by atoms with Crippen molar-refractivity contribution in [3.8, 4) is 23.6 Å². The molecule has 0 aliphatic heterocycles. The Balaban J connectivity index is 2.06. The molecule has 2 nitrogen and oxygen atoms in total. The number of nitrogens with zero attached hydrogens (tertiary/aromatic N) is 2. The van der Waals surface area contributed by atoms with Gasteiger partial charge in [-0.05, 0) is 18.9 Å². The Morgan fingerprint density at radius 1 is 1.29 bits per heavy atom. The summed E-state index contributed by atoms with van der Waals surface area (Å²) in [6.45, 7) is 0. The highest BCUT2D eigenvalue weighted by molar-refractivity contribution is 5.60. The lowest BCUT2D eigenvalue weighted by atomic mass is 10.0. The average molecular weight is 222 g/mol. The van der Waals surface area contributed by atoms with Crippen molar-refractivity contribution in [2.45, 2.75) is 18.3 Å². The molecule has 1 saturated carbocycles. The van der Waals surface area contributed by atoms with Gasteiger partial charge in [-0.15, -0.1) is 6.42 Å². The second-order valence-corrected chi connectivity index (χ2v) is 4.63. The summed E-state index contributed by atoms with van der Waals surface area (Å²) in [6.07, 6.45) is 7.79. The molecule has 1 aromatic carbocycles. The van der Waals surface area contributed by atoms with Gasteiger partial charge in [-0.2, -0.15) is 5.10 Å². The molecule has 3 rings (SSSR count). The smallest absolute Gasteiger partial charge is 0.0926 e. The molecule has 1 fully saturated rings. The first-order valence-corrected chi connectivity index (χ1v) is 5.83. The van der Waals surface area contributed by atoms with Crippen molar-refractivity contribution >= 4 is 0 Å². The largest absolute Gasteiger partial charge is 0.270 e. The SMILES string of the molecule is C#CC1(c2cc(-c3ccccc3)nn2C)CC1. The van der Waals surface area contributed by atoms with Crippen LogP contribution in [0.4, 0.5) is 0 Å². The third kappa shape index (κ3) is 1.55. The molecule has 1 heterocycles. The molecule has 0 radical (unpaired) electrons. The number of hydrogen-bond acceptors (Lipinski definition) is 1. The molecule has 1 aromatic heterocycles. The van der Waals surface area contributed by atoms with Gasteiger partial charge in [0, 0.05) is 12.6 Å². The van der Waals surface area contributed by atoms with Crippen LogP contribution in [0, 0.1) is 12.3 Å². The summed E-state index contributed by atoms with van der Waals surface area (Å²) in [7, 11) is 1.97. The topological polar surface area (TPSA) is 17.8 Å². The maximum atomic E-state index is 5.63. The molecule has 0 unspecified atom stereocenters. The van der Waals surface area contributed by atoms with E-state index < -0.39 is 0 Å². The Morgan fingerprint density at radius 2 is 2.00 bits per heavy atom. The quantitative estimate of drug-likeness (QED) is 0.714. The summed E-state index contributed by atoms with van der Waals surface area (Å²) in [5.74, 6) is 2.91. The van der Waals surface area contributed by atoms with E-state index in [-0.39, 0.29) is 5.41 Å². The second kappa shape index (κ2) is 3.49. The normalized spacial score (nSPS) is 16.5. The zero-order valence-electron chi connectivity index (χ0n) is 9.85. The Morgan fingerprint density at radius 3 is 2.59 bits per heavy atom. The van der Waals surface area contributed by atoms with Crippen molar-refractivity contribution in [1.82, 2.24) is 9.78 Å².